The third kappa shape index (κ3) is 3.54. The van der Waals surface area contributed by atoms with Crippen molar-refractivity contribution in [3.8, 4) is 0 Å². The highest BCUT2D eigenvalue weighted by molar-refractivity contribution is 9.10. The smallest absolute Gasteiger partial charge is 0.228 e. The molecule has 2 amide bonds. The Balaban J connectivity index is 1.50. The topological polar surface area (TPSA) is 57.9 Å². The summed E-state index contributed by atoms with van der Waals surface area (Å²) < 4.78 is 2.90. The fraction of sp³-hybridized carbons (Fsp3) is 0.286. The highest BCUT2D eigenvalue weighted by atomic mass is 79.9. The van der Waals surface area contributed by atoms with Crippen molar-refractivity contribution in [3.63, 3.8) is 0 Å². The zero-order valence-corrected chi connectivity index (χ0v) is 17.2. The summed E-state index contributed by atoms with van der Waals surface area (Å²) in [6, 6.07) is 13.4. The van der Waals surface area contributed by atoms with Crippen LogP contribution < -0.4 is 4.90 Å². The van der Waals surface area contributed by atoms with Gasteiger partial charge in [-0.15, -0.1) is 0 Å². The van der Waals surface area contributed by atoms with Gasteiger partial charge in [-0.1, -0.05) is 28.1 Å². The van der Waals surface area contributed by atoms with E-state index in [1.165, 1.54) is 0 Å². The van der Waals surface area contributed by atoms with Gasteiger partial charge in [-0.3, -0.25) is 9.59 Å². The Morgan fingerprint density at radius 3 is 2.93 bits per heavy atom. The van der Waals surface area contributed by atoms with Crippen LogP contribution in [-0.2, 0) is 16.1 Å². The molecule has 3 aromatic rings. The summed E-state index contributed by atoms with van der Waals surface area (Å²) in [7, 11) is 0. The average molecular weight is 441 g/mol. The van der Waals surface area contributed by atoms with Crippen LogP contribution in [0.3, 0.4) is 0 Å². The van der Waals surface area contributed by atoms with Gasteiger partial charge >= 0.3 is 0 Å². The minimum Gasteiger partial charge on any atom is -0.337 e. The molecule has 1 aromatic carbocycles. The molecule has 28 heavy (non-hydrogen) atoms. The Labute approximate surface area is 171 Å². The lowest BCUT2D eigenvalue weighted by molar-refractivity contribution is -0.136. The van der Waals surface area contributed by atoms with Crippen LogP contribution in [0.5, 0.6) is 0 Å². The molecule has 1 saturated heterocycles. The standard InChI is InChI=1S/C21H21BrN4O2/c1-2-24(14-18-12-23-19-8-3-4-9-25(18)19)21(28)15-10-20(27)26(13-15)17-7-5-6-16(22)11-17/h3-9,11-12,15H,2,10,13-14H2,1H3. The number of rotatable bonds is 5. The maximum absolute atomic E-state index is 13.1. The molecule has 0 N–H and O–H groups in total. The molecule has 0 bridgehead atoms. The van der Waals surface area contributed by atoms with Gasteiger partial charge in [0, 0.05) is 35.9 Å². The molecule has 6 nitrogen and oxygen atoms in total. The number of imidazole rings is 1. The van der Waals surface area contributed by atoms with E-state index in [9.17, 15) is 9.59 Å². The third-order valence-electron chi connectivity index (χ3n) is 5.13. The summed E-state index contributed by atoms with van der Waals surface area (Å²) in [5.41, 5.74) is 2.64. The van der Waals surface area contributed by atoms with E-state index in [0.717, 1.165) is 21.5 Å². The zero-order valence-electron chi connectivity index (χ0n) is 15.6. The number of benzene rings is 1. The van der Waals surface area contributed by atoms with E-state index < -0.39 is 0 Å². The van der Waals surface area contributed by atoms with E-state index in [2.05, 4.69) is 20.9 Å². The van der Waals surface area contributed by atoms with Crippen molar-refractivity contribution in [1.82, 2.24) is 14.3 Å². The lowest BCUT2D eigenvalue weighted by Crippen LogP contribution is -2.37. The highest BCUT2D eigenvalue weighted by Crippen LogP contribution is 2.28. The van der Waals surface area contributed by atoms with Gasteiger partial charge in [0.15, 0.2) is 0 Å². The van der Waals surface area contributed by atoms with Crippen molar-refractivity contribution in [3.05, 3.63) is 65.0 Å². The summed E-state index contributed by atoms with van der Waals surface area (Å²) in [5.74, 6) is -0.327. The summed E-state index contributed by atoms with van der Waals surface area (Å²) in [6.45, 7) is 3.43. The molecule has 1 atom stereocenters. The predicted octanol–water partition coefficient (Wildman–Crippen LogP) is 3.50. The second-order valence-corrected chi connectivity index (χ2v) is 7.83. The number of halogens is 1. The molecule has 1 aliphatic rings. The van der Waals surface area contributed by atoms with Crippen LogP contribution >= 0.6 is 15.9 Å². The Hall–Kier alpha value is -2.67. The van der Waals surface area contributed by atoms with E-state index in [1.54, 1.807) is 16.0 Å². The Morgan fingerprint density at radius 1 is 1.29 bits per heavy atom. The molecule has 0 aliphatic carbocycles. The van der Waals surface area contributed by atoms with E-state index in [-0.39, 0.29) is 24.2 Å². The van der Waals surface area contributed by atoms with Crippen LogP contribution in [0, 0.1) is 5.92 Å². The minimum atomic E-state index is -0.328. The van der Waals surface area contributed by atoms with E-state index >= 15 is 0 Å². The number of carbonyl (C=O) groups excluding carboxylic acids is 2. The summed E-state index contributed by atoms with van der Waals surface area (Å²) in [6.07, 6.45) is 4.00. The molecule has 1 fully saturated rings. The van der Waals surface area contributed by atoms with E-state index in [4.69, 9.17) is 0 Å². The number of fused-ring (bicyclic) bond motifs is 1. The minimum absolute atomic E-state index is 0.0118. The van der Waals surface area contributed by atoms with Gasteiger partial charge in [0.2, 0.25) is 11.8 Å². The van der Waals surface area contributed by atoms with Crippen molar-refractivity contribution in [2.45, 2.75) is 19.9 Å². The van der Waals surface area contributed by atoms with Gasteiger partial charge < -0.3 is 14.2 Å². The fourth-order valence-electron chi connectivity index (χ4n) is 3.67. The number of pyridine rings is 1. The van der Waals surface area contributed by atoms with Crippen molar-refractivity contribution in [2.75, 3.05) is 18.0 Å². The molecule has 7 heteroatoms. The maximum atomic E-state index is 13.1. The first-order valence-corrected chi connectivity index (χ1v) is 10.1. The molecular formula is C21H21BrN4O2. The fourth-order valence-corrected chi connectivity index (χ4v) is 4.06. The number of amides is 2. The maximum Gasteiger partial charge on any atom is 0.228 e. The van der Waals surface area contributed by atoms with Crippen LogP contribution in [0.15, 0.2) is 59.3 Å². The summed E-state index contributed by atoms with van der Waals surface area (Å²) in [4.78, 5) is 33.6. The largest absolute Gasteiger partial charge is 0.337 e. The molecule has 3 heterocycles. The first-order valence-electron chi connectivity index (χ1n) is 9.32. The number of hydrogen-bond acceptors (Lipinski definition) is 3. The van der Waals surface area contributed by atoms with Crippen molar-refractivity contribution in [1.29, 1.82) is 0 Å². The van der Waals surface area contributed by atoms with Crippen molar-refractivity contribution >= 4 is 39.1 Å². The molecule has 0 saturated carbocycles. The Bertz CT molecular complexity index is 1030. The normalized spacial score (nSPS) is 16.7. The molecular weight excluding hydrogens is 420 g/mol. The average Bonchev–Trinajstić information content (AvgIpc) is 3.29. The van der Waals surface area contributed by atoms with Crippen molar-refractivity contribution in [2.24, 2.45) is 5.92 Å². The van der Waals surface area contributed by atoms with Gasteiger partial charge in [-0.2, -0.15) is 0 Å². The molecule has 1 aliphatic heterocycles. The monoisotopic (exact) mass is 440 g/mol. The SMILES string of the molecule is CCN(Cc1cnc2ccccn12)C(=O)C1CC(=O)N(c2cccc(Br)c2)C1. The molecule has 144 valence electrons. The lowest BCUT2D eigenvalue weighted by atomic mass is 10.1. The predicted molar refractivity (Wildman–Crippen MR) is 111 cm³/mol. The number of hydrogen-bond donors (Lipinski definition) is 0. The summed E-state index contributed by atoms with van der Waals surface area (Å²) >= 11 is 3.44. The van der Waals surface area contributed by atoms with E-state index in [0.29, 0.717) is 19.6 Å². The zero-order chi connectivity index (χ0) is 19.7. The highest BCUT2D eigenvalue weighted by Gasteiger charge is 2.37. The van der Waals surface area contributed by atoms with Gasteiger partial charge in [-0.25, -0.2) is 4.98 Å². The molecule has 0 radical (unpaired) electrons. The van der Waals surface area contributed by atoms with Crippen molar-refractivity contribution < 1.29 is 9.59 Å². The van der Waals surface area contributed by atoms with Crippen LogP contribution in [0.25, 0.3) is 5.65 Å². The molecule has 4 rings (SSSR count). The lowest BCUT2D eigenvalue weighted by Gasteiger charge is -2.24. The molecule has 0 spiro atoms. The van der Waals surface area contributed by atoms with Gasteiger partial charge in [0.05, 0.1) is 24.4 Å². The van der Waals surface area contributed by atoms with Crippen LogP contribution in [0.1, 0.15) is 19.0 Å². The molecule has 2 aromatic heterocycles. The van der Waals surface area contributed by atoms with Gasteiger partial charge in [-0.05, 0) is 37.3 Å². The number of aromatic nitrogens is 2. The first kappa shape index (κ1) is 18.7. The Morgan fingerprint density at radius 2 is 2.14 bits per heavy atom. The first-order chi connectivity index (χ1) is 13.6. The van der Waals surface area contributed by atoms with Crippen LogP contribution in [0.4, 0.5) is 5.69 Å². The Kier molecular flexibility index (Phi) is 5.17. The van der Waals surface area contributed by atoms with Crippen LogP contribution in [0.2, 0.25) is 0 Å². The van der Waals surface area contributed by atoms with E-state index in [1.807, 2.05) is 60.0 Å². The third-order valence-corrected chi connectivity index (χ3v) is 5.63. The number of nitrogens with zero attached hydrogens (tertiary/aromatic N) is 4. The molecule has 1 unspecified atom stereocenters. The second-order valence-electron chi connectivity index (χ2n) is 6.92. The second kappa shape index (κ2) is 7.75. The van der Waals surface area contributed by atoms with Crippen LogP contribution in [-0.4, -0.2) is 39.2 Å². The number of carbonyl (C=O) groups is 2. The van der Waals surface area contributed by atoms with Gasteiger partial charge in [0.1, 0.15) is 5.65 Å². The quantitative estimate of drug-likeness (QED) is 0.609. The summed E-state index contributed by atoms with van der Waals surface area (Å²) in [5, 5.41) is 0. The number of anilines is 1. The van der Waals surface area contributed by atoms with Gasteiger partial charge in [0.25, 0.3) is 0 Å².